The summed E-state index contributed by atoms with van der Waals surface area (Å²) in [6.45, 7) is 3.63. The van der Waals surface area contributed by atoms with Gasteiger partial charge in [-0.05, 0) is 50.2 Å². The standard InChI is InChI=1S/C25H23NO6/c1-14-8-10-19(31-4)18(12-14)23(27)21-22(20-11-9-15(2)32-20)26(25(29)24(21)28)16-6-5-7-17(13-16)30-3/h5-13,22,27H,1-4H3/b23-21-. The molecule has 0 saturated carbocycles. The van der Waals surface area contributed by atoms with Crippen LogP contribution in [-0.4, -0.2) is 31.0 Å². The van der Waals surface area contributed by atoms with Crippen LogP contribution in [0.2, 0.25) is 0 Å². The minimum atomic E-state index is -0.957. The first-order valence-corrected chi connectivity index (χ1v) is 10.0. The number of carbonyl (C=O) groups excluding carboxylic acids is 2. The molecule has 1 amide bonds. The Labute approximate surface area is 185 Å². The Morgan fingerprint density at radius 2 is 1.78 bits per heavy atom. The maximum Gasteiger partial charge on any atom is 0.300 e. The SMILES string of the molecule is COc1cccc(N2C(=O)C(=O)/C(=C(\O)c3cc(C)ccc3OC)C2c2ccc(C)o2)c1. The number of aryl methyl sites for hydroxylation is 2. The van der Waals surface area contributed by atoms with Crippen LogP contribution in [0.1, 0.15) is 28.7 Å². The Balaban J connectivity index is 1.97. The van der Waals surface area contributed by atoms with Crippen LogP contribution in [0.3, 0.4) is 0 Å². The van der Waals surface area contributed by atoms with E-state index >= 15 is 0 Å². The fraction of sp³-hybridized carbons (Fsp3) is 0.200. The van der Waals surface area contributed by atoms with Crippen molar-refractivity contribution in [3.05, 3.63) is 82.8 Å². The van der Waals surface area contributed by atoms with E-state index in [0.29, 0.717) is 34.3 Å². The molecule has 0 spiro atoms. The Bertz CT molecular complexity index is 1240. The molecule has 0 bridgehead atoms. The number of carbonyl (C=O) groups is 2. The van der Waals surface area contributed by atoms with E-state index in [1.807, 2.05) is 13.0 Å². The van der Waals surface area contributed by atoms with Crippen molar-refractivity contribution in [1.29, 1.82) is 0 Å². The molecule has 1 fully saturated rings. The predicted octanol–water partition coefficient (Wildman–Crippen LogP) is 4.54. The summed E-state index contributed by atoms with van der Waals surface area (Å²) in [7, 11) is 2.99. The summed E-state index contributed by atoms with van der Waals surface area (Å²) in [5.41, 5.74) is 1.56. The normalized spacial score (nSPS) is 17.6. The lowest BCUT2D eigenvalue weighted by Gasteiger charge is -2.24. The highest BCUT2D eigenvalue weighted by Gasteiger charge is 2.48. The molecule has 0 radical (unpaired) electrons. The van der Waals surface area contributed by atoms with Crippen molar-refractivity contribution < 1.29 is 28.6 Å². The van der Waals surface area contributed by atoms with Crippen LogP contribution >= 0.6 is 0 Å². The zero-order valence-electron chi connectivity index (χ0n) is 18.2. The number of ketones is 1. The van der Waals surface area contributed by atoms with Crippen LogP contribution in [0.4, 0.5) is 5.69 Å². The first-order valence-electron chi connectivity index (χ1n) is 10.0. The van der Waals surface area contributed by atoms with Crippen LogP contribution < -0.4 is 14.4 Å². The number of aliphatic hydroxyl groups is 1. The van der Waals surface area contributed by atoms with Gasteiger partial charge >= 0.3 is 0 Å². The van der Waals surface area contributed by atoms with Gasteiger partial charge < -0.3 is 19.0 Å². The van der Waals surface area contributed by atoms with E-state index in [1.165, 1.54) is 19.1 Å². The first kappa shape index (κ1) is 21.2. The van der Waals surface area contributed by atoms with Crippen molar-refractivity contribution >= 4 is 23.1 Å². The second-order valence-electron chi connectivity index (χ2n) is 7.52. The molecule has 1 saturated heterocycles. The molecule has 4 rings (SSSR count). The number of hydrogen-bond donors (Lipinski definition) is 1. The van der Waals surface area contributed by atoms with Crippen molar-refractivity contribution in [3.63, 3.8) is 0 Å². The third-order valence-electron chi connectivity index (χ3n) is 5.42. The third kappa shape index (κ3) is 3.51. The summed E-state index contributed by atoms with van der Waals surface area (Å²) in [5, 5.41) is 11.3. The fourth-order valence-electron chi connectivity index (χ4n) is 3.88. The maximum atomic E-state index is 13.2. The minimum Gasteiger partial charge on any atom is -0.507 e. The van der Waals surface area contributed by atoms with Gasteiger partial charge in [-0.2, -0.15) is 0 Å². The number of furan rings is 1. The van der Waals surface area contributed by atoms with Gasteiger partial charge in [0.15, 0.2) is 0 Å². The van der Waals surface area contributed by atoms with Gasteiger partial charge in [-0.25, -0.2) is 0 Å². The smallest absolute Gasteiger partial charge is 0.300 e. The molecule has 2 aromatic carbocycles. The highest BCUT2D eigenvalue weighted by molar-refractivity contribution is 6.51. The number of rotatable bonds is 5. The van der Waals surface area contributed by atoms with Crippen molar-refractivity contribution in [2.45, 2.75) is 19.9 Å². The topological polar surface area (TPSA) is 89.2 Å². The molecule has 1 aromatic heterocycles. The summed E-state index contributed by atoms with van der Waals surface area (Å²) in [6, 6.07) is 14.5. The first-order chi connectivity index (χ1) is 15.3. The van der Waals surface area contributed by atoms with E-state index in [2.05, 4.69) is 0 Å². The number of hydrogen-bond acceptors (Lipinski definition) is 6. The zero-order valence-corrected chi connectivity index (χ0v) is 18.2. The molecule has 1 aliphatic rings. The van der Waals surface area contributed by atoms with Gasteiger partial charge in [0.2, 0.25) is 0 Å². The molecule has 2 heterocycles. The quantitative estimate of drug-likeness (QED) is 0.361. The molecule has 1 N–H and O–H groups in total. The number of benzene rings is 2. The van der Waals surface area contributed by atoms with Crippen molar-refractivity contribution in [2.24, 2.45) is 0 Å². The molecule has 1 unspecified atom stereocenters. The molecule has 1 aliphatic heterocycles. The second-order valence-corrected chi connectivity index (χ2v) is 7.52. The van der Waals surface area contributed by atoms with Gasteiger partial charge in [-0.15, -0.1) is 0 Å². The largest absolute Gasteiger partial charge is 0.507 e. The van der Waals surface area contributed by atoms with Gasteiger partial charge in [-0.1, -0.05) is 17.7 Å². The monoisotopic (exact) mass is 433 g/mol. The average Bonchev–Trinajstić information content (AvgIpc) is 3.34. The number of ether oxygens (including phenoxy) is 2. The van der Waals surface area contributed by atoms with E-state index in [0.717, 1.165) is 5.56 Å². The molecule has 7 nitrogen and oxygen atoms in total. The second kappa shape index (κ2) is 8.26. The predicted molar refractivity (Wildman–Crippen MR) is 119 cm³/mol. The minimum absolute atomic E-state index is 0.0731. The Morgan fingerprint density at radius 3 is 2.44 bits per heavy atom. The van der Waals surface area contributed by atoms with Crippen molar-refractivity contribution in [2.75, 3.05) is 19.1 Å². The third-order valence-corrected chi connectivity index (χ3v) is 5.42. The zero-order chi connectivity index (χ0) is 23.0. The van der Waals surface area contributed by atoms with Gasteiger partial charge in [0.05, 0.1) is 25.4 Å². The van der Waals surface area contributed by atoms with Crippen LogP contribution in [-0.2, 0) is 9.59 Å². The summed E-state index contributed by atoms with van der Waals surface area (Å²) in [4.78, 5) is 27.7. The van der Waals surface area contributed by atoms with E-state index in [1.54, 1.807) is 55.5 Å². The average molecular weight is 433 g/mol. The molecule has 0 aliphatic carbocycles. The van der Waals surface area contributed by atoms with Crippen molar-refractivity contribution in [3.8, 4) is 11.5 Å². The molecule has 1 atom stereocenters. The summed E-state index contributed by atoms with van der Waals surface area (Å²) in [5.74, 6) is -0.0250. The highest BCUT2D eigenvalue weighted by Crippen LogP contribution is 2.44. The molecule has 3 aromatic rings. The molecular formula is C25H23NO6. The molecule has 7 heteroatoms. The summed E-state index contributed by atoms with van der Waals surface area (Å²) in [6.07, 6.45) is 0. The molecular weight excluding hydrogens is 410 g/mol. The number of Topliss-reactive ketones (excluding diaryl/α,β-unsaturated/α-hetero) is 1. The fourth-order valence-corrected chi connectivity index (χ4v) is 3.88. The van der Waals surface area contributed by atoms with Crippen LogP contribution in [0.5, 0.6) is 11.5 Å². The number of amides is 1. The summed E-state index contributed by atoms with van der Waals surface area (Å²) >= 11 is 0. The van der Waals surface area contributed by atoms with Crippen LogP contribution in [0.25, 0.3) is 5.76 Å². The molecule has 32 heavy (non-hydrogen) atoms. The van der Waals surface area contributed by atoms with Gasteiger partial charge in [0, 0.05) is 11.8 Å². The Hall–Kier alpha value is -4.00. The van der Waals surface area contributed by atoms with E-state index < -0.39 is 17.7 Å². The lowest BCUT2D eigenvalue weighted by Crippen LogP contribution is -2.29. The Kier molecular flexibility index (Phi) is 5.48. The Morgan fingerprint density at radius 1 is 1.00 bits per heavy atom. The van der Waals surface area contributed by atoms with Crippen molar-refractivity contribution in [1.82, 2.24) is 0 Å². The van der Waals surface area contributed by atoms with Gasteiger partial charge in [-0.3, -0.25) is 14.5 Å². The van der Waals surface area contributed by atoms with Gasteiger partial charge in [0.1, 0.15) is 34.8 Å². The number of aliphatic hydroxyl groups excluding tert-OH is 1. The summed E-state index contributed by atoms with van der Waals surface area (Å²) < 4.78 is 16.5. The lowest BCUT2D eigenvalue weighted by molar-refractivity contribution is -0.132. The van der Waals surface area contributed by atoms with E-state index in [-0.39, 0.29) is 11.3 Å². The number of methoxy groups -OCH3 is 2. The number of nitrogens with zero attached hydrogens (tertiary/aromatic N) is 1. The number of anilines is 1. The van der Waals surface area contributed by atoms with Crippen LogP contribution in [0, 0.1) is 13.8 Å². The van der Waals surface area contributed by atoms with Crippen LogP contribution in [0.15, 0.2) is 64.6 Å². The van der Waals surface area contributed by atoms with E-state index in [9.17, 15) is 14.7 Å². The highest BCUT2D eigenvalue weighted by atomic mass is 16.5. The molecule has 164 valence electrons. The maximum absolute atomic E-state index is 13.2. The lowest BCUT2D eigenvalue weighted by atomic mass is 9.97. The van der Waals surface area contributed by atoms with E-state index in [4.69, 9.17) is 13.9 Å². The van der Waals surface area contributed by atoms with Gasteiger partial charge in [0.25, 0.3) is 11.7 Å².